The van der Waals surface area contributed by atoms with Crippen molar-refractivity contribution in [1.29, 1.82) is 0 Å². The maximum absolute atomic E-state index is 10.1. The van der Waals surface area contributed by atoms with E-state index in [1.807, 2.05) is 49.4 Å². The zero-order valence-electron chi connectivity index (χ0n) is 13.8. The first-order chi connectivity index (χ1) is 11.2. The molecule has 2 N–H and O–H groups in total. The molecule has 2 aromatic rings. The van der Waals surface area contributed by atoms with Crippen molar-refractivity contribution in [2.24, 2.45) is 0 Å². The van der Waals surface area contributed by atoms with Crippen molar-refractivity contribution in [3.8, 4) is 11.5 Å². The zero-order chi connectivity index (χ0) is 16.7. The molecule has 0 heterocycles. The van der Waals surface area contributed by atoms with Gasteiger partial charge >= 0.3 is 0 Å². The van der Waals surface area contributed by atoms with Crippen LogP contribution in [0.4, 0.5) is 0 Å². The van der Waals surface area contributed by atoms with Gasteiger partial charge in [-0.25, -0.2) is 0 Å². The van der Waals surface area contributed by atoms with Crippen LogP contribution in [0.1, 0.15) is 24.2 Å². The third-order valence-electron chi connectivity index (χ3n) is 3.43. The smallest absolute Gasteiger partial charge is 0.179 e. The third-order valence-corrected chi connectivity index (χ3v) is 3.71. The highest BCUT2D eigenvalue weighted by atomic mass is 35.5. The highest BCUT2D eigenvalue weighted by Gasteiger charge is 2.12. The van der Waals surface area contributed by atoms with Gasteiger partial charge in [-0.15, -0.1) is 12.4 Å². The Kier molecular flexibility index (Phi) is 8.93. The van der Waals surface area contributed by atoms with Gasteiger partial charge < -0.3 is 19.9 Å². The Morgan fingerprint density at radius 3 is 2.54 bits per heavy atom. The Morgan fingerprint density at radius 2 is 1.92 bits per heavy atom. The minimum absolute atomic E-state index is 0. The molecule has 132 valence electrons. The van der Waals surface area contributed by atoms with Crippen LogP contribution in [-0.4, -0.2) is 25.4 Å². The molecule has 0 aliphatic rings. The van der Waals surface area contributed by atoms with E-state index in [9.17, 15) is 5.11 Å². The standard InChI is InChI=1S/C18H22ClNO3.ClH/c1-3-23-18-15(19)9-13(10-17(18)22-2)11-20-12-16(21)14-7-5-4-6-8-14;/h4-10,16,20-21H,3,11-12H2,1-2H3;1H. The molecule has 0 saturated heterocycles. The minimum Gasteiger partial charge on any atom is -0.493 e. The predicted molar refractivity (Wildman–Crippen MR) is 99.5 cm³/mol. The predicted octanol–water partition coefficient (Wildman–Crippen LogP) is 3.99. The molecule has 0 fully saturated rings. The van der Waals surface area contributed by atoms with Crippen LogP contribution in [-0.2, 0) is 6.54 Å². The van der Waals surface area contributed by atoms with Crippen LogP contribution in [0.3, 0.4) is 0 Å². The first-order valence-electron chi connectivity index (χ1n) is 7.58. The van der Waals surface area contributed by atoms with E-state index < -0.39 is 6.10 Å². The second kappa shape index (κ2) is 10.4. The summed E-state index contributed by atoms with van der Waals surface area (Å²) in [5.41, 5.74) is 1.86. The molecule has 0 bridgehead atoms. The van der Waals surface area contributed by atoms with E-state index in [1.165, 1.54) is 0 Å². The lowest BCUT2D eigenvalue weighted by molar-refractivity contribution is 0.174. The summed E-state index contributed by atoms with van der Waals surface area (Å²) < 4.78 is 10.8. The number of ether oxygens (including phenoxy) is 2. The number of aliphatic hydroxyl groups excluding tert-OH is 1. The highest BCUT2D eigenvalue weighted by Crippen LogP contribution is 2.36. The molecule has 2 rings (SSSR count). The van der Waals surface area contributed by atoms with Gasteiger partial charge in [0.25, 0.3) is 0 Å². The normalized spacial score (nSPS) is 11.5. The molecule has 6 heteroatoms. The molecular weight excluding hydrogens is 349 g/mol. The van der Waals surface area contributed by atoms with Gasteiger partial charge in [-0.3, -0.25) is 0 Å². The van der Waals surface area contributed by atoms with Gasteiger partial charge in [-0.2, -0.15) is 0 Å². The maximum atomic E-state index is 10.1. The molecule has 0 amide bonds. The van der Waals surface area contributed by atoms with Crippen LogP contribution in [0, 0.1) is 0 Å². The van der Waals surface area contributed by atoms with Crippen LogP contribution in [0.5, 0.6) is 11.5 Å². The van der Waals surface area contributed by atoms with Crippen LogP contribution in [0.25, 0.3) is 0 Å². The molecule has 0 aliphatic heterocycles. The van der Waals surface area contributed by atoms with Gasteiger partial charge in [-0.05, 0) is 30.2 Å². The Labute approximate surface area is 154 Å². The summed E-state index contributed by atoms with van der Waals surface area (Å²) in [7, 11) is 1.59. The van der Waals surface area contributed by atoms with E-state index in [2.05, 4.69) is 5.32 Å². The van der Waals surface area contributed by atoms with Crippen molar-refractivity contribution in [1.82, 2.24) is 5.32 Å². The first kappa shape index (κ1) is 20.6. The van der Waals surface area contributed by atoms with E-state index in [4.69, 9.17) is 21.1 Å². The number of benzene rings is 2. The molecule has 24 heavy (non-hydrogen) atoms. The van der Waals surface area contributed by atoms with Gasteiger partial charge in [0, 0.05) is 13.1 Å². The minimum atomic E-state index is -0.545. The fourth-order valence-electron chi connectivity index (χ4n) is 2.31. The number of nitrogens with one attached hydrogen (secondary N) is 1. The fraction of sp³-hybridized carbons (Fsp3) is 0.333. The second-order valence-electron chi connectivity index (χ2n) is 5.10. The topological polar surface area (TPSA) is 50.7 Å². The number of methoxy groups -OCH3 is 1. The van der Waals surface area contributed by atoms with Gasteiger partial charge in [-0.1, -0.05) is 41.9 Å². The Hall–Kier alpha value is -1.46. The van der Waals surface area contributed by atoms with Crippen molar-refractivity contribution in [2.75, 3.05) is 20.3 Å². The molecule has 0 saturated carbocycles. The molecular formula is C18H23Cl2NO3. The van der Waals surface area contributed by atoms with E-state index in [0.29, 0.717) is 36.2 Å². The summed E-state index contributed by atoms with van der Waals surface area (Å²) in [5.74, 6) is 1.17. The van der Waals surface area contributed by atoms with Crippen molar-refractivity contribution in [3.05, 3.63) is 58.6 Å². The van der Waals surface area contributed by atoms with Gasteiger partial charge in [0.15, 0.2) is 11.5 Å². The summed E-state index contributed by atoms with van der Waals surface area (Å²) in [6.07, 6.45) is -0.545. The number of aliphatic hydroxyl groups is 1. The summed E-state index contributed by atoms with van der Waals surface area (Å²) in [4.78, 5) is 0. The van der Waals surface area contributed by atoms with E-state index >= 15 is 0 Å². The summed E-state index contributed by atoms with van der Waals surface area (Å²) in [5, 5.41) is 13.9. The lowest BCUT2D eigenvalue weighted by Gasteiger charge is -2.15. The number of rotatable bonds is 8. The number of hydrogen-bond acceptors (Lipinski definition) is 4. The van der Waals surface area contributed by atoms with Gasteiger partial charge in [0.2, 0.25) is 0 Å². The van der Waals surface area contributed by atoms with Crippen LogP contribution in [0.2, 0.25) is 5.02 Å². The second-order valence-corrected chi connectivity index (χ2v) is 5.51. The lowest BCUT2D eigenvalue weighted by Crippen LogP contribution is -2.21. The molecule has 1 atom stereocenters. The molecule has 0 aromatic heterocycles. The average Bonchev–Trinajstić information content (AvgIpc) is 2.57. The average molecular weight is 372 g/mol. The quantitative estimate of drug-likeness (QED) is 0.736. The molecule has 0 radical (unpaired) electrons. The molecule has 0 aliphatic carbocycles. The van der Waals surface area contributed by atoms with Gasteiger partial charge in [0.05, 0.1) is 24.8 Å². The number of halogens is 2. The summed E-state index contributed by atoms with van der Waals surface area (Å²) in [6, 6.07) is 13.3. The first-order valence-corrected chi connectivity index (χ1v) is 7.96. The van der Waals surface area contributed by atoms with E-state index in [1.54, 1.807) is 7.11 Å². The SMILES string of the molecule is CCOc1c(Cl)cc(CNCC(O)c2ccccc2)cc1OC.Cl. The molecule has 4 nitrogen and oxygen atoms in total. The zero-order valence-corrected chi connectivity index (χ0v) is 15.4. The lowest BCUT2D eigenvalue weighted by atomic mass is 10.1. The van der Waals surface area contributed by atoms with Crippen LogP contribution >= 0.6 is 24.0 Å². The van der Waals surface area contributed by atoms with E-state index in [0.717, 1.165) is 11.1 Å². The maximum Gasteiger partial charge on any atom is 0.179 e. The largest absolute Gasteiger partial charge is 0.493 e. The fourth-order valence-corrected chi connectivity index (χ4v) is 2.59. The molecule has 0 spiro atoms. The van der Waals surface area contributed by atoms with Crippen LogP contribution < -0.4 is 14.8 Å². The Balaban J connectivity index is 0.00000288. The van der Waals surface area contributed by atoms with Crippen molar-refractivity contribution >= 4 is 24.0 Å². The third kappa shape index (κ3) is 5.56. The summed E-state index contributed by atoms with van der Waals surface area (Å²) >= 11 is 6.25. The highest BCUT2D eigenvalue weighted by molar-refractivity contribution is 6.32. The van der Waals surface area contributed by atoms with Crippen molar-refractivity contribution in [2.45, 2.75) is 19.6 Å². The molecule has 2 aromatic carbocycles. The monoisotopic (exact) mass is 371 g/mol. The van der Waals surface area contributed by atoms with Crippen LogP contribution in [0.15, 0.2) is 42.5 Å². The summed E-state index contributed by atoms with van der Waals surface area (Å²) in [6.45, 7) is 3.46. The van der Waals surface area contributed by atoms with Crippen molar-refractivity contribution < 1.29 is 14.6 Å². The number of hydrogen-bond donors (Lipinski definition) is 2. The Bertz CT molecular complexity index is 623. The van der Waals surface area contributed by atoms with Gasteiger partial charge in [0.1, 0.15) is 0 Å². The molecule has 1 unspecified atom stereocenters. The van der Waals surface area contributed by atoms with Crippen molar-refractivity contribution in [3.63, 3.8) is 0 Å². The Morgan fingerprint density at radius 1 is 1.21 bits per heavy atom. The van der Waals surface area contributed by atoms with E-state index in [-0.39, 0.29) is 12.4 Å².